The number of aromatic nitrogens is 1. The first-order chi connectivity index (χ1) is 10.1. The van der Waals surface area contributed by atoms with E-state index < -0.39 is 11.2 Å². The number of amides is 1. The summed E-state index contributed by atoms with van der Waals surface area (Å²) in [6.07, 6.45) is 0. The van der Waals surface area contributed by atoms with Crippen molar-refractivity contribution < 1.29 is 14.7 Å². The van der Waals surface area contributed by atoms with E-state index in [9.17, 15) is 14.7 Å². The summed E-state index contributed by atoms with van der Waals surface area (Å²) in [7, 11) is 0. The number of thiazole rings is 1. The van der Waals surface area contributed by atoms with E-state index >= 15 is 0 Å². The Labute approximate surface area is 130 Å². The molecule has 5 nitrogen and oxygen atoms in total. The molecule has 0 aliphatic carbocycles. The van der Waals surface area contributed by atoms with Gasteiger partial charge in [0.1, 0.15) is 0 Å². The van der Waals surface area contributed by atoms with Gasteiger partial charge in [-0.25, -0.2) is 4.98 Å². The molecule has 0 bridgehead atoms. The van der Waals surface area contributed by atoms with Gasteiger partial charge in [0.2, 0.25) is 5.91 Å². The second-order valence-electron chi connectivity index (χ2n) is 4.22. The van der Waals surface area contributed by atoms with E-state index in [4.69, 9.17) is 0 Å². The summed E-state index contributed by atoms with van der Waals surface area (Å²) in [6, 6.07) is 9.65. The second kappa shape index (κ2) is 7.24. The summed E-state index contributed by atoms with van der Waals surface area (Å²) in [4.78, 5) is 26.6. The quantitative estimate of drug-likeness (QED) is 0.874. The van der Waals surface area contributed by atoms with Gasteiger partial charge in [0.05, 0.1) is 17.4 Å². The SMILES string of the molecule is C[C@H](SCC(=O)Nc1nc(-c2ccccc2)cs1)C(=O)[O-]. The third-order valence-electron chi connectivity index (χ3n) is 2.62. The Bertz CT molecular complexity index is 628. The predicted molar refractivity (Wildman–Crippen MR) is 83.1 cm³/mol. The molecule has 1 amide bonds. The van der Waals surface area contributed by atoms with Crippen LogP contribution in [0.5, 0.6) is 0 Å². The molecular weight excluding hydrogens is 308 g/mol. The van der Waals surface area contributed by atoms with Crippen molar-refractivity contribution in [2.24, 2.45) is 0 Å². The molecule has 1 heterocycles. The first kappa shape index (κ1) is 15.5. The fourth-order valence-corrected chi connectivity index (χ4v) is 2.84. The highest BCUT2D eigenvalue weighted by atomic mass is 32.2. The van der Waals surface area contributed by atoms with Crippen LogP contribution in [0.1, 0.15) is 6.92 Å². The van der Waals surface area contributed by atoms with E-state index in [0.717, 1.165) is 23.0 Å². The maximum atomic E-state index is 11.7. The average molecular weight is 321 g/mol. The van der Waals surface area contributed by atoms with Crippen molar-refractivity contribution in [1.29, 1.82) is 0 Å². The lowest BCUT2D eigenvalue weighted by Gasteiger charge is -2.10. The van der Waals surface area contributed by atoms with Gasteiger partial charge in [0, 0.05) is 16.2 Å². The van der Waals surface area contributed by atoms with Crippen LogP contribution in [0.25, 0.3) is 11.3 Å². The Balaban J connectivity index is 1.91. The zero-order chi connectivity index (χ0) is 15.2. The minimum Gasteiger partial charge on any atom is -0.549 e. The number of carboxylic acid groups (broad SMARTS) is 1. The minimum atomic E-state index is -1.17. The Kier molecular flexibility index (Phi) is 5.35. The van der Waals surface area contributed by atoms with Crippen LogP contribution in [-0.4, -0.2) is 27.9 Å². The van der Waals surface area contributed by atoms with Gasteiger partial charge in [-0.3, -0.25) is 4.79 Å². The summed E-state index contributed by atoms with van der Waals surface area (Å²) in [6.45, 7) is 1.49. The van der Waals surface area contributed by atoms with Crippen LogP contribution in [0, 0.1) is 0 Å². The molecule has 2 rings (SSSR count). The molecule has 0 spiro atoms. The Morgan fingerprint density at radius 2 is 2.10 bits per heavy atom. The zero-order valence-corrected chi connectivity index (χ0v) is 12.9. The number of nitrogens with one attached hydrogen (secondary N) is 1. The van der Waals surface area contributed by atoms with Crippen molar-refractivity contribution in [3.05, 3.63) is 35.7 Å². The summed E-state index contributed by atoms with van der Waals surface area (Å²) in [5, 5.41) is 14.9. The standard InChI is InChI=1S/C14H14N2O3S2/c1-9(13(18)19)20-8-12(17)16-14-15-11(7-21-14)10-5-3-2-4-6-10/h2-7,9H,8H2,1H3,(H,18,19)(H,15,16,17)/p-1/t9-/m0/s1. The van der Waals surface area contributed by atoms with E-state index in [1.165, 1.54) is 18.3 Å². The lowest BCUT2D eigenvalue weighted by Crippen LogP contribution is -2.32. The minimum absolute atomic E-state index is 0.0510. The average Bonchev–Trinajstić information content (AvgIpc) is 2.94. The number of hydrogen-bond acceptors (Lipinski definition) is 6. The lowest BCUT2D eigenvalue weighted by atomic mass is 10.2. The molecule has 0 aliphatic heterocycles. The van der Waals surface area contributed by atoms with Crippen LogP contribution in [0.2, 0.25) is 0 Å². The van der Waals surface area contributed by atoms with Crippen LogP contribution < -0.4 is 10.4 Å². The maximum absolute atomic E-state index is 11.7. The molecule has 110 valence electrons. The number of nitrogens with zero attached hydrogens (tertiary/aromatic N) is 1. The van der Waals surface area contributed by atoms with Crippen molar-refractivity contribution in [2.75, 3.05) is 11.1 Å². The number of aliphatic carboxylic acids is 1. The van der Waals surface area contributed by atoms with E-state index in [1.54, 1.807) is 0 Å². The number of rotatable bonds is 6. The van der Waals surface area contributed by atoms with Gasteiger partial charge in [-0.05, 0) is 6.92 Å². The zero-order valence-electron chi connectivity index (χ0n) is 11.2. The number of carbonyl (C=O) groups excluding carboxylic acids is 2. The maximum Gasteiger partial charge on any atom is 0.236 e. The Hall–Kier alpha value is -1.86. The summed E-state index contributed by atoms with van der Waals surface area (Å²) in [5.74, 6) is -1.40. The largest absolute Gasteiger partial charge is 0.549 e. The Morgan fingerprint density at radius 1 is 1.38 bits per heavy atom. The highest BCUT2D eigenvalue weighted by Crippen LogP contribution is 2.24. The van der Waals surface area contributed by atoms with Gasteiger partial charge in [-0.2, -0.15) is 0 Å². The van der Waals surface area contributed by atoms with Crippen LogP contribution in [0.15, 0.2) is 35.7 Å². The molecule has 1 aromatic heterocycles. The van der Waals surface area contributed by atoms with Crippen molar-refractivity contribution in [3.8, 4) is 11.3 Å². The Morgan fingerprint density at radius 3 is 2.76 bits per heavy atom. The normalized spacial score (nSPS) is 11.9. The second-order valence-corrected chi connectivity index (χ2v) is 6.41. The van der Waals surface area contributed by atoms with Gasteiger partial charge in [0.25, 0.3) is 0 Å². The molecule has 0 saturated heterocycles. The molecule has 1 aromatic carbocycles. The molecule has 1 N–H and O–H groups in total. The van der Waals surface area contributed by atoms with Crippen LogP contribution in [0.3, 0.4) is 0 Å². The highest BCUT2D eigenvalue weighted by molar-refractivity contribution is 8.01. The molecule has 0 fully saturated rings. The van der Waals surface area contributed by atoms with Gasteiger partial charge in [0.15, 0.2) is 5.13 Å². The number of benzene rings is 1. The van der Waals surface area contributed by atoms with Gasteiger partial charge in [-0.15, -0.1) is 23.1 Å². The van der Waals surface area contributed by atoms with Crippen LogP contribution in [-0.2, 0) is 9.59 Å². The van der Waals surface area contributed by atoms with E-state index in [2.05, 4.69) is 10.3 Å². The molecule has 0 aliphatic rings. The van der Waals surface area contributed by atoms with E-state index in [1.807, 2.05) is 35.7 Å². The lowest BCUT2D eigenvalue weighted by molar-refractivity contribution is -0.304. The molecule has 0 saturated carbocycles. The molecule has 0 radical (unpaired) electrons. The fraction of sp³-hybridized carbons (Fsp3) is 0.214. The number of carboxylic acids is 1. The summed E-state index contributed by atoms with van der Waals surface area (Å²) in [5.41, 5.74) is 1.78. The van der Waals surface area contributed by atoms with E-state index in [-0.39, 0.29) is 11.7 Å². The highest BCUT2D eigenvalue weighted by Gasteiger charge is 2.10. The third-order valence-corrected chi connectivity index (χ3v) is 4.50. The smallest absolute Gasteiger partial charge is 0.236 e. The van der Waals surface area contributed by atoms with Gasteiger partial charge < -0.3 is 15.2 Å². The van der Waals surface area contributed by atoms with Crippen LogP contribution >= 0.6 is 23.1 Å². The van der Waals surface area contributed by atoms with Gasteiger partial charge >= 0.3 is 0 Å². The van der Waals surface area contributed by atoms with Crippen molar-refractivity contribution in [2.45, 2.75) is 12.2 Å². The number of thioether (sulfide) groups is 1. The topological polar surface area (TPSA) is 82.1 Å². The van der Waals surface area contributed by atoms with Crippen molar-refractivity contribution in [1.82, 2.24) is 4.98 Å². The molecule has 21 heavy (non-hydrogen) atoms. The van der Waals surface area contributed by atoms with Gasteiger partial charge in [-0.1, -0.05) is 30.3 Å². The number of hydrogen-bond donors (Lipinski definition) is 1. The van der Waals surface area contributed by atoms with E-state index in [0.29, 0.717) is 5.13 Å². The molecular formula is C14H13N2O3S2-. The predicted octanol–water partition coefficient (Wildman–Crippen LogP) is 1.62. The summed E-state index contributed by atoms with van der Waals surface area (Å²) < 4.78 is 0. The molecule has 1 atom stereocenters. The monoisotopic (exact) mass is 321 g/mol. The van der Waals surface area contributed by atoms with Crippen molar-refractivity contribution >= 4 is 40.1 Å². The first-order valence-electron chi connectivity index (χ1n) is 6.19. The first-order valence-corrected chi connectivity index (χ1v) is 8.12. The number of anilines is 1. The van der Waals surface area contributed by atoms with Crippen LogP contribution in [0.4, 0.5) is 5.13 Å². The fourth-order valence-electron chi connectivity index (χ4n) is 1.50. The molecule has 2 aromatic rings. The molecule has 7 heteroatoms. The number of carbonyl (C=O) groups is 2. The van der Waals surface area contributed by atoms with Crippen molar-refractivity contribution in [3.63, 3.8) is 0 Å². The molecule has 0 unspecified atom stereocenters. The summed E-state index contributed by atoms with van der Waals surface area (Å²) >= 11 is 2.35. The third kappa shape index (κ3) is 4.57.